The summed E-state index contributed by atoms with van der Waals surface area (Å²) in [5.41, 5.74) is 2.20. The van der Waals surface area contributed by atoms with Crippen molar-refractivity contribution in [3.05, 3.63) is 76.4 Å². The van der Waals surface area contributed by atoms with Crippen LogP contribution in [0.3, 0.4) is 0 Å². The Bertz CT molecular complexity index is 1260. The lowest BCUT2D eigenvalue weighted by atomic mass is 10.0. The van der Waals surface area contributed by atoms with E-state index in [2.05, 4.69) is 20.9 Å². The highest BCUT2D eigenvalue weighted by molar-refractivity contribution is 9.10. The van der Waals surface area contributed by atoms with Gasteiger partial charge in [0.05, 0.1) is 40.7 Å². The first-order valence-corrected chi connectivity index (χ1v) is 12.1. The van der Waals surface area contributed by atoms with Gasteiger partial charge in [-0.1, -0.05) is 18.2 Å². The highest BCUT2D eigenvalue weighted by Gasteiger charge is 2.30. The average molecular weight is 597 g/mol. The molecule has 2 aromatic carbocycles. The van der Waals surface area contributed by atoms with Crippen molar-refractivity contribution < 1.29 is 19.2 Å². The lowest BCUT2D eigenvalue weighted by Crippen LogP contribution is -2.14. The van der Waals surface area contributed by atoms with E-state index in [-0.39, 0.29) is 35.1 Å². The Morgan fingerprint density at radius 2 is 2.03 bits per heavy atom. The molecule has 0 aliphatic heterocycles. The van der Waals surface area contributed by atoms with Gasteiger partial charge in [-0.25, -0.2) is 9.78 Å². The van der Waals surface area contributed by atoms with Crippen LogP contribution in [0.5, 0.6) is 5.75 Å². The number of rotatable bonds is 7. The third-order valence-electron chi connectivity index (χ3n) is 5.29. The number of nitrogens with zero attached hydrogens (tertiary/aromatic N) is 3. The molecule has 1 unspecified atom stereocenters. The summed E-state index contributed by atoms with van der Waals surface area (Å²) in [5.74, 6) is -0.337. The van der Waals surface area contributed by atoms with Gasteiger partial charge < -0.3 is 23.5 Å². The summed E-state index contributed by atoms with van der Waals surface area (Å²) in [4.78, 5) is 17.9. The van der Waals surface area contributed by atoms with E-state index in [0.29, 0.717) is 38.1 Å². The molecule has 2 heterocycles. The van der Waals surface area contributed by atoms with Crippen molar-refractivity contribution in [2.75, 3.05) is 6.61 Å². The van der Waals surface area contributed by atoms with E-state index in [0.717, 1.165) is 5.52 Å². The minimum absolute atomic E-state index is 0. The smallest absolute Gasteiger partial charge is 0.340 e. The highest BCUT2D eigenvalue weighted by atomic mass is 79.9. The number of ether oxygens (including phenoxy) is 1. The van der Waals surface area contributed by atoms with Crippen LogP contribution in [-0.2, 0) is 35.3 Å². The average Bonchev–Trinajstić information content (AvgIpc) is 3.39. The Hall–Kier alpha value is -2.27. The number of halogens is 2. The molecule has 0 radical (unpaired) electrons. The molecule has 1 atom stereocenters. The molecule has 0 saturated heterocycles. The van der Waals surface area contributed by atoms with Crippen molar-refractivity contribution >= 4 is 61.0 Å². The predicted molar refractivity (Wildman–Crippen MR) is 136 cm³/mol. The van der Waals surface area contributed by atoms with Crippen molar-refractivity contribution in [3.8, 4) is 5.75 Å². The molecule has 7 nitrogen and oxygen atoms in total. The number of esters is 1. The van der Waals surface area contributed by atoms with Crippen LogP contribution in [0.25, 0.3) is 10.9 Å². The molecular weight excluding hydrogens is 574 g/mol. The summed E-state index contributed by atoms with van der Waals surface area (Å²) < 4.78 is 22.7. The van der Waals surface area contributed by atoms with Crippen LogP contribution in [0.1, 0.15) is 28.5 Å². The summed E-state index contributed by atoms with van der Waals surface area (Å²) in [6.45, 7) is 2.25. The lowest BCUT2D eigenvalue weighted by molar-refractivity contribution is 0.0527. The zero-order valence-corrected chi connectivity index (χ0v) is 22.1. The van der Waals surface area contributed by atoms with Crippen LogP contribution in [-0.4, -0.2) is 36.4 Å². The van der Waals surface area contributed by atoms with Gasteiger partial charge in [-0.15, -0.1) is 17.0 Å². The van der Waals surface area contributed by atoms with Crippen LogP contribution in [0.2, 0.25) is 0 Å². The van der Waals surface area contributed by atoms with E-state index in [9.17, 15) is 14.5 Å². The molecule has 0 bridgehead atoms. The van der Waals surface area contributed by atoms with Gasteiger partial charge in [0.2, 0.25) is 0 Å². The Balaban J connectivity index is 0.00000306. The molecule has 4 rings (SSSR count). The Kier molecular flexibility index (Phi) is 8.28. The maximum Gasteiger partial charge on any atom is 0.340 e. The van der Waals surface area contributed by atoms with Crippen LogP contribution < -0.4 is 0 Å². The number of benzene rings is 2. The third-order valence-corrected chi connectivity index (χ3v) is 7.23. The van der Waals surface area contributed by atoms with E-state index < -0.39 is 17.1 Å². The predicted octanol–water partition coefficient (Wildman–Crippen LogP) is 4.95. The zero-order valence-electron chi connectivity index (χ0n) is 18.0. The molecule has 0 saturated carbocycles. The first kappa shape index (κ1) is 25.4. The van der Waals surface area contributed by atoms with Crippen molar-refractivity contribution in [2.24, 2.45) is 7.05 Å². The van der Waals surface area contributed by atoms with Crippen LogP contribution >= 0.6 is 32.9 Å². The fourth-order valence-electron chi connectivity index (χ4n) is 3.77. The van der Waals surface area contributed by atoms with E-state index in [1.807, 2.05) is 34.4 Å². The first-order chi connectivity index (χ1) is 15.4. The third kappa shape index (κ3) is 4.98. The SMILES string of the molecule is Br.CCOC(=O)c1c(C[S+]([O-])c2ccccc2)n(C)c2cc(Br)c(O)c(Cn3ccnc3)c12. The number of aryl methyl sites for hydroxylation is 1. The molecule has 33 heavy (non-hydrogen) atoms. The van der Waals surface area contributed by atoms with E-state index >= 15 is 0 Å². The Labute approximate surface area is 213 Å². The second-order valence-corrected chi connectivity index (χ2v) is 9.52. The van der Waals surface area contributed by atoms with Gasteiger partial charge in [0.1, 0.15) is 5.75 Å². The number of imidazole rings is 1. The number of fused-ring (bicyclic) bond motifs is 1. The van der Waals surface area contributed by atoms with E-state index in [1.165, 1.54) is 0 Å². The number of aromatic hydroxyl groups is 1. The number of carbonyl (C=O) groups excluding carboxylic acids is 1. The number of hydrogen-bond acceptors (Lipinski definition) is 5. The van der Waals surface area contributed by atoms with Crippen molar-refractivity contribution in [2.45, 2.75) is 24.1 Å². The molecule has 0 spiro atoms. The van der Waals surface area contributed by atoms with Gasteiger partial charge in [-0.05, 0) is 52.2 Å². The normalized spacial score (nSPS) is 11.9. The van der Waals surface area contributed by atoms with Gasteiger partial charge in [-0.2, -0.15) is 0 Å². The monoisotopic (exact) mass is 595 g/mol. The molecule has 10 heteroatoms. The Morgan fingerprint density at radius 1 is 1.30 bits per heavy atom. The number of phenols is 1. The van der Waals surface area contributed by atoms with Gasteiger partial charge >= 0.3 is 5.97 Å². The Morgan fingerprint density at radius 3 is 2.67 bits per heavy atom. The molecule has 0 amide bonds. The molecule has 4 aromatic rings. The molecule has 2 aromatic heterocycles. The molecule has 0 fully saturated rings. The summed E-state index contributed by atoms with van der Waals surface area (Å²) in [5, 5.41) is 11.5. The van der Waals surface area contributed by atoms with Gasteiger partial charge in [0.25, 0.3) is 0 Å². The summed E-state index contributed by atoms with van der Waals surface area (Å²) in [6, 6.07) is 10.9. The van der Waals surface area contributed by atoms with E-state index in [4.69, 9.17) is 4.74 Å². The first-order valence-electron chi connectivity index (χ1n) is 10.00. The maximum atomic E-state index is 13.1. The lowest BCUT2D eigenvalue weighted by Gasteiger charge is -2.13. The summed E-state index contributed by atoms with van der Waals surface area (Å²) >= 11 is 2.06. The standard InChI is InChI=1S/C23H22BrN3O4S.BrH/c1-3-31-23(29)21-19(13-32(30)15-7-5-4-6-8-15)26(2)18-11-17(24)22(28)16(20(18)21)12-27-10-9-25-14-27;/h4-11,14,28H,3,12-13H2,1-2H3;1H. The number of phenolic OH excluding ortho intramolecular Hbond substituents is 1. The summed E-state index contributed by atoms with van der Waals surface area (Å²) in [6.07, 6.45) is 5.08. The maximum absolute atomic E-state index is 13.1. The number of hydrogen-bond donors (Lipinski definition) is 1. The minimum Gasteiger partial charge on any atom is -0.611 e. The van der Waals surface area contributed by atoms with Crippen molar-refractivity contribution in [3.63, 3.8) is 0 Å². The number of aromatic nitrogens is 3. The highest BCUT2D eigenvalue weighted by Crippen LogP contribution is 2.40. The fourth-order valence-corrected chi connectivity index (χ4v) is 5.44. The topological polar surface area (TPSA) is 92.3 Å². The van der Waals surface area contributed by atoms with Crippen LogP contribution in [0, 0.1) is 0 Å². The van der Waals surface area contributed by atoms with Crippen molar-refractivity contribution in [1.29, 1.82) is 0 Å². The minimum atomic E-state index is -1.37. The molecule has 0 aliphatic rings. The second kappa shape index (κ2) is 10.8. The number of carbonyl (C=O) groups is 1. The van der Waals surface area contributed by atoms with Crippen molar-refractivity contribution in [1.82, 2.24) is 14.1 Å². The second-order valence-electron chi connectivity index (χ2n) is 7.22. The molecule has 1 N–H and O–H groups in total. The van der Waals surface area contributed by atoms with Gasteiger partial charge in [-0.3, -0.25) is 0 Å². The fraction of sp³-hybridized carbons (Fsp3) is 0.217. The zero-order chi connectivity index (χ0) is 22.8. The largest absolute Gasteiger partial charge is 0.611 e. The van der Waals surface area contributed by atoms with Gasteiger partial charge in [0, 0.05) is 30.4 Å². The molecule has 174 valence electrons. The molecular formula is C23H23Br2N3O4S. The van der Waals surface area contributed by atoms with Crippen LogP contribution in [0.4, 0.5) is 0 Å². The van der Waals surface area contributed by atoms with Gasteiger partial charge in [0.15, 0.2) is 10.6 Å². The van der Waals surface area contributed by atoms with E-state index in [1.54, 1.807) is 43.8 Å². The quantitative estimate of drug-likeness (QED) is 0.241. The summed E-state index contributed by atoms with van der Waals surface area (Å²) in [7, 11) is 1.83. The molecule has 0 aliphatic carbocycles. The van der Waals surface area contributed by atoms with Crippen LogP contribution in [0.15, 0.2) is 64.5 Å².